The van der Waals surface area contributed by atoms with E-state index in [0.29, 0.717) is 23.6 Å². The van der Waals surface area contributed by atoms with Crippen molar-refractivity contribution in [3.63, 3.8) is 0 Å². The van der Waals surface area contributed by atoms with Crippen LogP contribution < -0.4 is 4.74 Å². The number of carbonyl (C=O) groups is 1. The molecule has 4 nitrogen and oxygen atoms in total. The van der Waals surface area contributed by atoms with E-state index >= 15 is 0 Å². The van der Waals surface area contributed by atoms with Crippen LogP contribution in [-0.4, -0.2) is 21.7 Å². The zero-order valence-electron chi connectivity index (χ0n) is 12.4. The van der Waals surface area contributed by atoms with E-state index in [9.17, 15) is 4.79 Å². The van der Waals surface area contributed by atoms with Crippen LogP contribution in [0.4, 0.5) is 0 Å². The van der Waals surface area contributed by atoms with Crippen molar-refractivity contribution in [2.75, 3.05) is 0 Å². The van der Waals surface area contributed by atoms with Crippen molar-refractivity contribution >= 4 is 5.78 Å². The van der Waals surface area contributed by atoms with Crippen molar-refractivity contribution in [2.45, 2.75) is 40.3 Å². The van der Waals surface area contributed by atoms with E-state index in [1.807, 2.05) is 45.9 Å². The van der Waals surface area contributed by atoms with Crippen LogP contribution in [0.25, 0.3) is 0 Å². The van der Waals surface area contributed by atoms with Gasteiger partial charge in [0.2, 0.25) is 5.78 Å². The normalized spacial score (nSPS) is 10.8. The molecule has 0 atom stereocenters. The van der Waals surface area contributed by atoms with Crippen molar-refractivity contribution in [3.8, 4) is 5.75 Å². The molecule has 0 bridgehead atoms. The number of hydrogen-bond acceptors (Lipinski definition) is 3. The monoisotopic (exact) mass is 272 g/mol. The van der Waals surface area contributed by atoms with Crippen LogP contribution in [0.3, 0.4) is 0 Å². The molecule has 0 N–H and O–H groups in total. The Morgan fingerprint density at radius 3 is 2.75 bits per heavy atom. The maximum Gasteiger partial charge on any atom is 0.211 e. The highest BCUT2D eigenvalue weighted by Crippen LogP contribution is 2.18. The van der Waals surface area contributed by atoms with Gasteiger partial charge >= 0.3 is 0 Å². The van der Waals surface area contributed by atoms with E-state index in [-0.39, 0.29) is 11.9 Å². The van der Waals surface area contributed by atoms with Crippen molar-refractivity contribution in [3.05, 3.63) is 47.3 Å². The molecule has 0 aliphatic heterocycles. The SMILES string of the molecule is CCn1nc(C)cc1C(=O)c1cccc(OC(C)C)c1. The molecule has 4 heteroatoms. The molecule has 0 aliphatic carbocycles. The standard InChI is InChI=1S/C16H20N2O2/c1-5-18-15(9-12(4)17-18)16(19)13-7-6-8-14(10-13)20-11(2)3/h6-11H,5H2,1-4H3. The number of carbonyl (C=O) groups excluding carboxylic acids is 1. The van der Waals surface area contributed by atoms with Gasteiger partial charge in [-0.1, -0.05) is 12.1 Å². The molecule has 0 radical (unpaired) electrons. The fourth-order valence-electron chi connectivity index (χ4n) is 2.10. The van der Waals surface area contributed by atoms with Gasteiger partial charge in [0.15, 0.2) is 0 Å². The smallest absolute Gasteiger partial charge is 0.211 e. The molecule has 0 amide bonds. The molecule has 1 aromatic heterocycles. The van der Waals surface area contributed by atoms with Crippen LogP contribution >= 0.6 is 0 Å². The minimum absolute atomic E-state index is 0.0262. The number of aryl methyl sites for hydroxylation is 2. The molecule has 20 heavy (non-hydrogen) atoms. The van der Waals surface area contributed by atoms with Gasteiger partial charge in [-0.05, 0) is 45.9 Å². The molecule has 1 aromatic carbocycles. The predicted molar refractivity (Wildman–Crippen MR) is 78.3 cm³/mol. The lowest BCUT2D eigenvalue weighted by Gasteiger charge is -2.10. The van der Waals surface area contributed by atoms with Gasteiger partial charge in [-0.2, -0.15) is 5.10 Å². The molecule has 0 spiro atoms. The number of ether oxygens (including phenoxy) is 1. The van der Waals surface area contributed by atoms with Crippen LogP contribution in [0.5, 0.6) is 5.75 Å². The number of ketones is 1. The number of benzene rings is 1. The molecule has 106 valence electrons. The van der Waals surface area contributed by atoms with E-state index in [4.69, 9.17) is 4.74 Å². The zero-order valence-corrected chi connectivity index (χ0v) is 12.4. The van der Waals surface area contributed by atoms with Gasteiger partial charge in [-0.25, -0.2) is 0 Å². The van der Waals surface area contributed by atoms with Gasteiger partial charge in [-0.3, -0.25) is 9.48 Å². The summed E-state index contributed by atoms with van der Waals surface area (Å²) in [5.74, 6) is 0.687. The van der Waals surface area contributed by atoms with Gasteiger partial charge < -0.3 is 4.74 Å². The van der Waals surface area contributed by atoms with Gasteiger partial charge in [-0.15, -0.1) is 0 Å². The third kappa shape index (κ3) is 3.07. The zero-order chi connectivity index (χ0) is 14.7. The minimum Gasteiger partial charge on any atom is -0.491 e. The topological polar surface area (TPSA) is 44.1 Å². The largest absolute Gasteiger partial charge is 0.491 e. The summed E-state index contributed by atoms with van der Waals surface area (Å²) >= 11 is 0. The van der Waals surface area contributed by atoms with Gasteiger partial charge in [0.1, 0.15) is 11.4 Å². The van der Waals surface area contributed by atoms with Crippen molar-refractivity contribution in [1.29, 1.82) is 0 Å². The summed E-state index contributed by atoms with van der Waals surface area (Å²) in [5, 5.41) is 4.31. The summed E-state index contributed by atoms with van der Waals surface area (Å²) < 4.78 is 7.36. The van der Waals surface area contributed by atoms with Crippen molar-refractivity contribution < 1.29 is 9.53 Å². The lowest BCUT2D eigenvalue weighted by atomic mass is 10.1. The third-order valence-electron chi connectivity index (χ3n) is 2.90. The Labute approximate surface area is 119 Å². The second-order valence-electron chi connectivity index (χ2n) is 5.01. The van der Waals surface area contributed by atoms with E-state index < -0.39 is 0 Å². The Kier molecular flexibility index (Phi) is 4.23. The number of nitrogens with zero attached hydrogens (tertiary/aromatic N) is 2. The van der Waals surface area contributed by atoms with Gasteiger partial charge in [0, 0.05) is 12.1 Å². The molecule has 1 heterocycles. The third-order valence-corrected chi connectivity index (χ3v) is 2.90. The molecular formula is C16H20N2O2. The van der Waals surface area contributed by atoms with Gasteiger partial charge in [0.05, 0.1) is 11.8 Å². The Bertz CT molecular complexity index is 615. The van der Waals surface area contributed by atoms with E-state index in [0.717, 1.165) is 5.69 Å². The Morgan fingerprint density at radius 2 is 2.10 bits per heavy atom. The predicted octanol–water partition coefficient (Wildman–Crippen LogP) is 3.23. The fourth-order valence-corrected chi connectivity index (χ4v) is 2.10. The first-order chi connectivity index (χ1) is 9.51. The molecular weight excluding hydrogens is 252 g/mol. The van der Waals surface area contributed by atoms with E-state index in [2.05, 4.69) is 5.10 Å². The molecule has 0 unspecified atom stereocenters. The highest BCUT2D eigenvalue weighted by Gasteiger charge is 2.16. The average molecular weight is 272 g/mol. The molecule has 0 aliphatic rings. The molecule has 2 aromatic rings. The lowest BCUT2D eigenvalue weighted by Crippen LogP contribution is -2.11. The van der Waals surface area contributed by atoms with E-state index in [1.165, 1.54) is 0 Å². The average Bonchev–Trinajstić information content (AvgIpc) is 2.78. The van der Waals surface area contributed by atoms with E-state index in [1.54, 1.807) is 16.8 Å². The Morgan fingerprint density at radius 1 is 1.35 bits per heavy atom. The van der Waals surface area contributed by atoms with Gasteiger partial charge in [0.25, 0.3) is 0 Å². The fraction of sp³-hybridized carbons (Fsp3) is 0.375. The number of rotatable bonds is 5. The first-order valence-corrected chi connectivity index (χ1v) is 6.87. The van der Waals surface area contributed by atoms with Crippen LogP contribution in [0, 0.1) is 6.92 Å². The second kappa shape index (κ2) is 5.90. The number of hydrogen-bond donors (Lipinski definition) is 0. The van der Waals surface area contributed by atoms with Crippen LogP contribution in [0.15, 0.2) is 30.3 Å². The first-order valence-electron chi connectivity index (χ1n) is 6.87. The maximum atomic E-state index is 12.6. The maximum absolute atomic E-state index is 12.6. The molecule has 0 saturated carbocycles. The summed E-state index contributed by atoms with van der Waals surface area (Å²) in [6.45, 7) is 8.47. The number of aromatic nitrogens is 2. The molecule has 0 saturated heterocycles. The highest BCUT2D eigenvalue weighted by atomic mass is 16.5. The summed E-state index contributed by atoms with van der Waals surface area (Å²) in [6.07, 6.45) is 0.0868. The quantitative estimate of drug-likeness (QED) is 0.785. The first kappa shape index (κ1) is 14.3. The van der Waals surface area contributed by atoms with Crippen molar-refractivity contribution in [2.24, 2.45) is 0 Å². The second-order valence-corrected chi connectivity index (χ2v) is 5.01. The summed E-state index contributed by atoms with van der Waals surface area (Å²) in [5.41, 5.74) is 2.09. The van der Waals surface area contributed by atoms with Crippen molar-refractivity contribution in [1.82, 2.24) is 9.78 Å². The summed E-state index contributed by atoms with van der Waals surface area (Å²) in [4.78, 5) is 12.6. The molecule has 2 rings (SSSR count). The summed E-state index contributed by atoms with van der Waals surface area (Å²) in [7, 11) is 0. The van der Waals surface area contributed by atoms with Crippen LogP contribution in [0.2, 0.25) is 0 Å². The lowest BCUT2D eigenvalue weighted by molar-refractivity contribution is 0.102. The minimum atomic E-state index is -0.0262. The Hall–Kier alpha value is -2.10. The molecule has 0 fully saturated rings. The van der Waals surface area contributed by atoms with Crippen LogP contribution in [-0.2, 0) is 6.54 Å². The Balaban J connectivity index is 2.33. The highest BCUT2D eigenvalue weighted by molar-refractivity contribution is 6.08. The summed E-state index contributed by atoms with van der Waals surface area (Å²) in [6, 6.07) is 9.11. The van der Waals surface area contributed by atoms with Crippen LogP contribution in [0.1, 0.15) is 42.5 Å².